The molecular weight excluding hydrogens is 409 g/mol. The molecule has 3 aromatic rings. The second-order valence-electron chi connectivity index (χ2n) is 6.31. The summed E-state index contributed by atoms with van der Waals surface area (Å²) in [6.45, 7) is 0.608. The van der Waals surface area contributed by atoms with Gasteiger partial charge in [-0.3, -0.25) is 0 Å². The zero-order valence-electron chi connectivity index (χ0n) is 14.9. The monoisotopic (exact) mass is 424 g/mol. The van der Waals surface area contributed by atoms with Crippen LogP contribution in [0.4, 0.5) is 19.0 Å². The first-order valence-electron chi connectivity index (χ1n) is 8.11. The van der Waals surface area contributed by atoms with Crippen LogP contribution in [0.5, 0.6) is 0 Å². The first kappa shape index (κ1) is 20.7. The highest BCUT2D eigenvalue weighted by Gasteiger charge is 2.51. The van der Waals surface area contributed by atoms with Gasteiger partial charge in [0.25, 0.3) is 0 Å². The maximum Gasteiger partial charge on any atom is 0.421 e. The standard InChI is InChI=1S/C18H15F3N4O3S/c1-17(26,18(19,20)21)12-8-24-16(25-9-12)11-2-4-13(5-3-11)29(27,28)14-6-7-15(22)23-10-14/h2-10,26H,1H3,(H2,22,23)/t17-/m0/s1. The maximum atomic E-state index is 12.9. The molecule has 0 aliphatic rings. The molecule has 152 valence electrons. The summed E-state index contributed by atoms with van der Waals surface area (Å²) in [5, 5.41) is 9.65. The fourth-order valence-electron chi connectivity index (χ4n) is 2.36. The van der Waals surface area contributed by atoms with Gasteiger partial charge in [-0.25, -0.2) is 23.4 Å². The molecule has 0 aliphatic carbocycles. The van der Waals surface area contributed by atoms with E-state index < -0.39 is 27.2 Å². The van der Waals surface area contributed by atoms with Gasteiger partial charge in [0.05, 0.1) is 9.79 Å². The Balaban J connectivity index is 1.88. The minimum absolute atomic E-state index is 0.00977. The summed E-state index contributed by atoms with van der Waals surface area (Å²) in [5.41, 5.74) is 2.25. The first-order valence-corrected chi connectivity index (χ1v) is 9.60. The van der Waals surface area contributed by atoms with Gasteiger partial charge in [0.1, 0.15) is 5.82 Å². The SMILES string of the molecule is C[C@](O)(c1cnc(-c2ccc(S(=O)(=O)c3ccc(N)nc3)cc2)nc1)C(F)(F)F. The number of aliphatic hydroxyl groups is 1. The second kappa shape index (κ2) is 7.08. The molecule has 2 heterocycles. The molecular formula is C18H15F3N4O3S. The average molecular weight is 424 g/mol. The van der Waals surface area contributed by atoms with E-state index in [2.05, 4.69) is 15.0 Å². The zero-order valence-corrected chi connectivity index (χ0v) is 15.7. The topological polar surface area (TPSA) is 119 Å². The predicted molar refractivity (Wildman–Crippen MR) is 97.2 cm³/mol. The third-order valence-electron chi connectivity index (χ3n) is 4.26. The van der Waals surface area contributed by atoms with Crippen LogP contribution in [0.2, 0.25) is 0 Å². The van der Waals surface area contributed by atoms with Crippen LogP contribution in [0, 0.1) is 0 Å². The van der Waals surface area contributed by atoms with E-state index in [-0.39, 0.29) is 21.4 Å². The van der Waals surface area contributed by atoms with E-state index in [1.54, 1.807) is 0 Å². The Morgan fingerprint density at radius 3 is 1.93 bits per heavy atom. The highest BCUT2D eigenvalue weighted by atomic mass is 32.2. The number of halogens is 3. The van der Waals surface area contributed by atoms with E-state index in [9.17, 15) is 26.7 Å². The molecule has 0 saturated heterocycles. The molecule has 0 spiro atoms. The Morgan fingerprint density at radius 2 is 1.45 bits per heavy atom. The molecule has 0 fully saturated rings. The van der Waals surface area contributed by atoms with E-state index in [0.717, 1.165) is 18.6 Å². The number of benzene rings is 1. The van der Waals surface area contributed by atoms with Gasteiger partial charge >= 0.3 is 6.18 Å². The first-order chi connectivity index (χ1) is 13.4. The van der Waals surface area contributed by atoms with Crippen LogP contribution in [0.25, 0.3) is 11.4 Å². The Bertz CT molecular complexity index is 1110. The lowest BCUT2D eigenvalue weighted by molar-refractivity contribution is -0.259. The van der Waals surface area contributed by atoms with Crippen LogP contribution >= 0.6 is 0 Å². The third-order valence-corrected chi connectivity index (χ3v) is 6.01. The Kier molecular flexibility index (Phi) is 5.05. The summed E-state index contributed by atoms with van der Waals surface area (Å²) in [5.74, 6) is 0.259. The molecule has 1 atom stereocenters. The van der Waals surface area contributed by atoms with Crippen molar-refractivity contribution >= 4 is 15.7 Å². The van der Waals surface area contributed by atoms with Crippen LogP contribution in [0.3, 0.4) is 0 Å². The van der Waals surface area contributed by atoms with Gasteiger partial charge in [-0.1, -0.05) is 0 Å². The van der Waals surface area contributed by atoms with Crippen molar-refractivity contribution in [1.82, 2.24) is 15.0 Å². The molecule has 0 unspecified atom stereocenters. The predicted octanol–water partition coefficient (Wildman–Crippen LogP) is 2.72. The fraction of sp³-hybridized carbons (Fsp3) is 0.167. The summed E-state index contributed by atoms with van der Waals surface area (Å²) in [7, 11) is -3.81. The molecule has 11 heteroatoms. The van der Waals surface area contributed by atoms with Crippen LogP contribution in [0.1, 0.15) is 12.5 Å². The number of hydrogen-bond donors (Lipinski definition) is 2. The van der Waals surface area contributed by atoms with Crippen molar-refractivity contribution < 1.29 is 26.7 Å². The van der Waals surface area contributed by atoms with Gasteiger partial charge in [0, 0.05) is 29.7 Å². The summed E-state index contributed by atoms with van der Waals surface area (Å²) in [4.78, 5) is 11.4. The fourth-order valence-corrected chi connectivity index (χ4v) is 3.57. The smallest absolute Gasteiger partial charge is 0.384 e. The number of rotatable bonds is 4. The number of sulfone groups is 1. The number of hydrogen-bond acceptors (Lipinski definition) is 7. The molecule has 3 rings (SSSR count). The molecule has 1 aromatic carbocycles. The van der Waals surface area contributed by atoms with Crippen LogP contribution in [-0.4, -0.2) is 34.7 Å². The molecule has 7 nitrogen and oxygen atoms in total. The van der Waals surface area contributed by atoms with Gasteiger partial charge in [-0.15, -0.1) is 0 Å². The third kappa shape index (κ3) is 3.91. The lowest BCUT2D eigenvalue weighted by Crippen LogP contribution is -2.39. The molecule has 0 saturated carbocycles. The lowest BCUT2D eigenvalue weighted by atomic mass is 9.98. The van der Waals surface area contributed by atoms with Gasteiger partial charge < -0.3 is 10.8 Å². The Labute approximate surface area is 164 Å². The van der Waals surface area contributed by atoms with Crippen molar-refractivity contribution in [3.63, 3.8) is 0 Å². The van der Waals surface area contributed by atoms with Gasteiger partial charge in [-0.05, 0) is 43.3 Å². The molecule has 2 aromatic heterocycles. The minimum Gasteiger partial charge on any atom is -0.384 e. The van der Waals surface area contributed by atoms with Gasteiger partial charge in [-0.2, -0.15) is 13.2 Å². The van der Waals surface area contributed by atoms with Crippen LogP contribution < -0.4 is 5.73 Å². The largest absolute Gasteiger partial charge is 0.421 e. The molecule has 3 N–H and O–H groups in total. The number of nitrogen functional groups attached to an aromatic ring is 1. The summed E-state index contributed by atoms with van der Waals surface area (Å²) in [6.07, 6.45) is -1.99. The van der Waals surface area contributed by atoms with Crippen LogP contribution in [-0.2, 0) is 15.4 Å². The Hall–Kier alpha value is -3.05. The highest BCUT2D eigenvalue weighted by Crippen LogP contribution is 2.38. The quantitative estimate of drug-likeness (QED) is 0.661. The van der Waals surface area contributed by atoms with Gasteiger partial charge in [0.2, 0.25) is 9.84 Å². The van der Waals surface area contributed by atoms with Gasteiger partial charge in [0.15, 0.2) is 11.4 Å². The van der Waals surface area contributed by atoms with E-state index in [4.69, 9.17) is 5.73 Å². The molecule has 0 aliphatic heterocycles. The number of nitrogens with two attached hydrogens (primary N) is 1. The van der Waals surface area contributed by atoms with Crippen LogP contribution in [0.15, 0.2) is 64.8 Å². The number of anilines is 1. The van der Waals surface area contributed by atoms with Crippen molar-refractivity contribution in [3.8, 4) is 11.4 Å². The summed E-state index contributed by atoms with van der Waals surface area (Å²) < 4.78 is 63.9. The highest BCUT2D eigenvalue weighted by molar-refractivity contribution is 7.91. The van der Waals surface area contributed by atoms with E-state index in [1.807, 2.05) is 0 Å². The number of alkyl halides is 3. The lowest BCUT2D eigenvalue weighted by Gasteiger charge is -2.25. The molecule has 0 radical (unpaired) electrons. The summed E-state index contributed by atoms with van der Waals surface area (Å²) >= 11 is 0. The van der Waals surface area contributed by atoms with E-state index in [1.165, 1.54) is 36.4 Å². The van der Waals surface area contributed by atoms with E-state index >= 15 is 0 Å². The van der Waals surface area contributed by atoms with Crippen molar-refractivity contribution in [3.05, 3.63) is 60.6 Å². The maximum absolute atomic E-state index is 12.9. The van der Waals surface area contributed by atoms with Crippen molar-refractivity contribution in [2.75, 3.05) is 5.73 Å². The van der Waals surface area contributed by atoms with Crippen molar-refractivity contribution in [2.45, 2.75) is 28.5 Å². The minimum atomic E-state index is -4.88. The second-order valence-corrected chi connectivity index (χ2v) is 8.26. The molecule has 0 amide bonds. The normalized spacial score (nSPS) is 14.4. The molecule has 0 bridgehead atoms. The van der Waals surface area contributed by atoms with Crippen molar-refractivity contribution in [1.29, 1.82) is 0 Å². The Morgan fingerprint density at radius 1 is 0.897 bits per heavy atom. The number of nitrogens with zero attached hydrogens (tertiary/aromatic N) is 3. The number of pyridine rings is 1. The van der Waals surface area contributed by atoms with E-state index in [0.29, 0.717) is 12.5 Å². The molecule has 29 heavy (non-hydrogen) atoms. The zero-order chi connectivity index (χ0) is 21.4. The van der Waals surface area contributed by atoms with Crippen molar-refractivity contribution in [2.24, 2.45) is 0 Å². The average Bonchev–Trinajstić information content (AvgIpc) is 2.68. The summed E-state index contributed by atoms with van der Waals surface area (Å²) in [6, 6.07) is 8.20. The number of aromatic nitrogens is 3.